The number of carbonyl (C=O) groups is 1. The molecule has 1 amide bonds. The van der Waals surface area contributed by atoms with Crippen molar-refractivity contribution in [1.29, 1.82) is 0 Å². The third-order valence-corrected chi connectivity index (χ3v) is 4.88. The Bertz CT molecular complexity index is 507. The molecular formula is C19H31N3O. The molecule has 1 heterocycles. The van der Waals surface area contributed by atoms with Gasteiger partial charge in [-0.2, -0.15) is 0 Å². The molecule has 128 valence electrons. The molecule has 23 heavy (non-hydrogen) atoms. The molecule has 0 radical (unpaired) electrons. The van der Waals surface area contributed by atoms with Crippen LogP contribution in [-0.4, -0.2) is 44.0 Å². The number of hydrogen-bond acceptors (Lipinski definition) is 3. The van der Waals surface area contributed by atoms with Gasteiger partial charge < -0.3 is 10.6 Å². The number of para-hydroxylation sites is 1. The summed E-state index contributed by atoms with van der Waals surface area (Å²) in [6.45, 7) is 7.86. The highest BCUT2D eigenvalue weighted by Crippen LogP contribution is 2.22. The lowest BCUT2D eigenvalue weighted by molar-refractivity contribution is -0.117. The van der Waals surface area contributed by atoms with Crippen molar-refractivity contribution in [2.24, 2.45) is 5.92 Å². The summed E-state index contributed by atoms with van der Waals surface area (Å²) in [6, 6.07) is 6.21. The fourth-order valence-corrected chi connectivity index (χ4v) is 3.37. The Morgan fingerprint density at radius 2 is 2.04 bits per heavy atom. The van der Waals surface area contributed by atoms with Crippen molar-refractivity contribution in [3.05, 3.63) is 29.3 Å². The molecule has 0 aliphatic carbocycles. The Morgan fingerprint density at radius 1 is 1.30 bits per heavy atom. The van der Waals surface area contributed by atoms with Gasteiger partial charge in [-0.25, -0.2) is 0 Å². The Labute approximate surface area is 140 Å². The molecule has 2 N–H and O–H groups in total. The zero-order chi connectivity index (χ0) is 16.7. The first kappa shape index (κ1) is 18.0. The highest BCUT2D eigenvalue weighted by atomic mass is 16.2. The first-order chi connectivity index (χ1) is 11.1. The van der Waals surface area contributed by atoms with Crippen LogP contribution in [0.5, 0.6) is 0 Å². The van der Waals surface area contributed by atoms with Gasteiger partial charge in [-0.15, -0.1) is 0 Å². The highest BCUT2D eigenvalue weighted by molar-refractivity contribution is 5.93. The minimum Gasteiger partial charge on any atom is -0.324 e. The van der Waals surface area contributed by atoms with E-state index in [4.69, 9.17) is 0 Å². The third kappa shape index (κ3) is 5.33. The summed E-state index contributed by atoms with van der Waals surface area (Å²) in [5, 5.41) is 6.36. The summed E-state index contributed by atoms with van der Waals surface area (Å²) in [4.78, 5) is 14.7. The Kier molecular flexibility index (Phi) is 7.06. The number of hydrogen-bond donors (Lipinski definition) is 2. The molecule has 4 heteroatoms. The number of piperidine rings is 1. The standard InChI is InChI=1S/C19H31N3O/c1-4-17-7-5-6-15(2)19(17)21-18(23)14-22-12-9-16(10-13-22)8-11-20-3/h5-7,16,20H,4,8-14H2,1-3H3,(H,21,23). The lowest BCUT2D eigenvalue weighted by atomic mass is 9.93. The summed E-state index contributed by atoms with van der Waals surface area (Å²) in [7, 11) is 2.01. The zero-order valence-corrected chi connectivity index (χ0v) is 14.8. The van der Waals surface area contributed by atoms with E-state index in [1.165, 1.54) is 24.8 Å². The Hall–Kier alpha value is -1.39. The molecule has 0 saturated carbocycles. The summed E-state index contributed by atoms with van der Waals surface area (Å²) >= 11 is 0. The van der Waals surface area contributed by atoms with Crippen LogP contribution in [0.3, 0.4) is 0 Å². The van der Waals surface area contributed by atoms with Crippen molar-refractivity contribution in [2.45, 2.75) is 39.5 Å². The van der Waals surface area contributed by atoms with E-state index >= 15 is 0 Å². The van der Waals surface area contributed by atoms with Gasteiger partial charge in [0.25, 0.3) is 0 Å². The van der Waals surface area contributed by atoms with Gasteiger partial charge in [0.2, 0.25) is 5.91 Å². The van der Waals surface area contributed by atoms with Crippen molar-refractivity contribution in [3.8, 4) is 0 Å². The summed E-state index contributed by atoms with van der Waals surface area (Å²) in [6.07, 6.45) is 4.60. The monoisotopic (exact) mass is 317 g/mol. The van der Waals surface area contributed by atoms with E-state index in [1.54, 1.807) is 0 Å². The smallest absolute Gasteiger partial charge is 0.238 e. The molecule has 1 fully saturated rings. The number of anilines is 1. The number of benzene rings is 1. The van der Waals surface area contributed by atoms with Crippen LogP contribution in [0.2, 0.25) is 0 Å². The van der Waals surface area contributed by atoms with Crippen molar-refractivity contribution in [3.63, 3.8) is 0 Å². The maximum atomic E-state index is 12.4. The summed E-state index contributed by atoms with van der Waals surface area (Å²) in [5.74, 6) is 0.924. The number of nitrogens with zero attached hydrogens (tertiary/aromatic N) is 1. The molecule has 0 atom stereocenters. The van der Waals surface area contributed by atoms with Crippen LogP contribution in [-0.2, 0) is 11.2 Å². The summed E-state index contributed by atoms with van der Waals surface area (Å²) < 4.78 is 0. The van der Waals surface area contributed by atoms with Crippen LogP contribution in [0.4, 0.5) is 5.69 Å². The van der Waals surface area contributed by atoms with E-state index in [-0.39, 0.29) is 5.91 Å². The lowest BCUT2D eigenvalue weighted by Gasteiger charge is -2.31. The molecule has 2 rings (SSSR count). The number of aryl methyl sites for hydroxylation is 2. The molecule has 1 saturated heterocycles. The Morgan fingerprint density at radius 3 is 2.70 bits per heavy atom. The normalized spacial score (nSPS) is 16.5. The first-order valence-corrected chi connectivity index (χ1v) is 8.89. The quantitative estimate of drug-likeness (QED) is 0.813. The third-order valence-electron chi connectivity index (χ3n) is 4.88. The molecule has 1 aromatic carbocycles. The maximum Gasteiger partial charge on any atom is 0.238 e. The second-order valence-electron chi connectivity index (χ2n) is 6.62. The molecule has 0 unspecified atom stereocenters. The molecule has 0 aromatic heterocycles. The summed E-state index contributed by atoms with van der Waals surface area (Å²) in [5.41, 5.74) is 3.36. The number of rotatable bonds is 7. The van der Waals surface area contributed by atoms with Gasteiger partial charge in [-0.3, -0.25) is 9.69 Å². The van der Waals surface area contributed by atoms with Gasteiger partial charge >= 0.3 is 0 Å². The van der Waals surface area contributed by atoms with Crippen LogP contribution in [0.25, 0.3) is 0 Å². The molecule has 1 aliphatic rings. The Balaban J connectivity index is 1.82. The predicted molar refractivity (Wildman–Crippen MR) is 96.9 cm³/mol. The molecule has 0 bridgehead atoms. The molecule has 1 aliphatic heterocycles. The van der Waals surface area contributed by atoms with E-state index < -0.39 is 0 Å². The van der Waals surface area contributed by atoms with Gasteiger partial charge in [0.1, 0.15) is 0 Å². The van der Waals surface area contributed by atoms with Crippen LogP contribution < -0.4 is 10.6 Å². The maximum absolute atomic E-state index is 12.4. The number of likely N-dealkylation sites (tertiary alicyclic amines) is 1. The minimum atomic E-state index is 0.114. The fourth-order valence-electron chi connectivity index (χ4n) is 3.37. The van der Waals surface area contributed by atoms with E-state index in [9.17, 15) is 4.79 Å². The molecule has 1 aromatic rings. The number of carbonyl (C=O) groups excluding carboxylic acids is 1. The van der Waals surface area contributed by atoms with Crippen molar-refractivity contribution in [2.75, 3.05) is 38.5 Å². The van der Waals surface area contributed by atoms with Gasteiger partial charge in [-0.1, -0.05) is 25.1 Å². The van der Waals surface area contributed by atoms with Crippen LogP contribution in [0.1, 0.15) is 37.3 Å². The lowest BCUT2D eigenvalue weighted by Crippen LogP contribution is -2.39. The van der Waals surface area contributed by atoms with Crippen LogP contribution in [0.15, 0.2) is 18.2 Å². The number of nitrogens with one attached hydrogen (secondary N) is 2. The average molecular weight is 317 g/mol. The van der Waals surface area contributed by atoms with Gasteiger partial charge in [0.15, 0.2) is 0 Å². The van der Waals surface area contributed by atoms with Gasteiger partial charge in [0.05, 0.1) is 6.54 Å². The van der Waals surface area contributed by atoms with Crippen LogP contribution in [0, 0.1) is 12.8 Å². The van der Waals surface area contributed by atoms with E-state index in [1.807, 2.05) is 7.05 Å². The second-order valence-corrected chi connectivity index (χ2v) is 6.62. The first-order valence-electron chi connectivity index (χ1n) is 8.89. The van der Waals surface area contributed by atoms with Gasteiger partial charge in [-0.05, 0) is 76.3 Å². The molecular weight excluding hydrogens is 286 g/mol. The van der Waals surface area contributed by atoms with Crippen LogP contribution >= 0.6 is 0 Å². The average Bonchev–Trinajstić information content (AvgIpc) is 2.56. The van der Waals surface area contributed by atoms with Crippen molar-refractivity contribution < 1.29 is 4.79 Å². The second kappa shape index (κ2) is 9.04. The SMILES string of the molecule is CCc1cccc(C)c1NC(=O)CN1CCC(CCNC)CC1. The minimum absolute atomic E-state index is 0.114. The van der Waals surface area contributed by atoms with Gasteiger partial charge in [0, 0.05) is 5.69 Å². The predicted octanol–water partition coefficient (Wildman–Crippen LogP) is 2.82. The van der Waals surface area contributed by atoms with E-state index in [0.717, 1.165) is 43.2 Å². The largest absolute Gasteiger partial charge is 0.324 e. The van der Waals surface area contributed by atoms with Crippen molar-refractivity contribution >= 4 is 11.6 Å². The zero-order valence-electron chi connectivity index (χ0n) is 14.8. The highest BCUT2D eigenvalue weighted by Gasteiger charge is 2.20. The van der Waals surface area contributed by atoms with Crippen molar-refractivity contribution in [1.82, 2.24) is 10.2 Å². The molecule has 4 nitrogen and oxygen atoms in total. The molecule has 0 spiro atoms. The topological polar surface area (TPSA) is 44.4 Å². The fraction of sp³-hybridized carbons (Fsp3) is 0.632. The van der Waals surface area contributed by atoms with E-state index in [0.29, 0.717) is 6.54 Å². The van der Waals surface area contributed by atoms with E-state index in [2.05, 4.69) is 47.6 Å². The number of amides is 1.